The maximum Gasteiger partial charge on any atom is 0.101 e. The van der Waals surface area contributed by atoms with Crippen molar-refractivity contribution in [3.8, 4) is 46.4 Å². The Morgan fingerprint density at radius 3 is 1.60 bits per heavy atom. The molecule has 0 aliphatic heterocycles. The molecule has 0 aliphatic rings. The molecule has 0 saturated heterocycles. The van der Waals surface area contributed by atoms with Crippen molar-refractivity contribution in [2.45, 2.75) is 0 Å². The molecular formula is C51H28N6. The van der Waals surface area contributed by atoms with Crippen LogP contribution in [-0.2, 0) is 0 Å². The molecule has 0 bridgehead atoms. The Hall–Kier alpha value is -8.37. The zero-order valence-electron chi connectivity index (χ0n) is 30.3. The number of rotatable bonds is 4. The molecule has 262 valence electrons. The highest BCUT2D eigenvalue weighted by molar-refractivity contribution is 6.17. The molecule has 0 amide bonds. The average Bonchev–Trinajstić information content (AvgIpc) is 3.91. The predicted octanol–water partition coefficient (Wildman–Crippen LogP) is 12.3. The Morgan fingerprint density at radius 1 is 0.368 bits per heavy atom. The maximum atomic E-state index is 10.8. The van der Waals surface area contributed by atoms with Crippen LogP contribution in [0, 0.1) is 34.0 Å². The summed E-state index contributed by atoms with van der Waals surface area (Å²) >= 11 is 0. The molecule has 6 nitrogen and oxygen atoms in total. The first-order valence-corrected chi connectivity index (χ1v) is 18.7. The number of para-hydroxylation sites is 5. The minimum atomic E-state index is 0.492. The zero-order chi connectivity index (χ0) is 38.2. The fourth-order valence-electron chi connectivity index (χ4n) is 9.00. The molecule has 0 radical (unpaired) electrons. The van der Waals surface area contributed by atoms with E-state index >= 15 is 0 Å². The van der Waals surface area contributed by atoms with Gasteiger partial charge in [-0.05, 0) is 84.4 Å². The molecule has 0 N–H and O–H groups in total. The van der Waals surface area contributed by atoms with Crippen molar-refractivity contribution in [2.24, 2.45) is 0 Å². The highest BCUT2D eigenvalue weighted by atomic mass is 15.0. The number of benzene rings is 8. The molecule has 57 heavy (non-hydrogen) atoms. The Balaban J connectivity index is 1.21. The number of fused-ring (bicyclic) bond motifs is 9. The highest BCUT2D eigenvalue weighted by Gasteiger charge is 2.23. The Kier molecular flexibility index (Phi) is 6.95. The minimum Gasteiger partial charge on any atom is -0.309 e. The lowest BCUT2D eigenvalue weighted by Gasteiger charge is -2.18. The standard InChI is InChI=1S/C51H28N6/c52-29-32-23-24-47-42(27-32)40-14-3-5-17-43(40)55(47)36-26-33(30-53)25-35(28-36)37-16-9-11-34(31-54)51(37)57-46-20-8-4-15-41(46)50-48(21-10-22-49(50)57)56-44-18-6-1-12-38(44)39-13-2-7-19-45(39)56/h1-28H. The van der Waals surface area contributed by atoms with Gasteiger partial charge in [-0.15, -0.1) is 0 Å². The first-order chi connectivity index (χ1) is 28.2. The normalized spacial score (nSPS) is 11.5. The lowest BCUT2D eigenvalue weighted by molar-refractivity contribution is 1.16. The fourth-order valence-corrected chi connectivity index (χ4v) is 9.00. The molecule has 0 aliphatic carbocycles. The summed E-state index contributed by atoms with van der Waals surface area (Å²) < 4.78 is 6.73. The van der Waals surface area contributed by atoms with Crippen molar-refractivity contribution < 1.29 is 0 Å². The van der Waals surface area contributed by atoms with Gasteiger partial charge in [0.05, 0.1) is 73.3 Å². The van der Waals surface area contributed by atoms with Gasteiger partial charge < -0.3 is 13.7 Å². The van der Waals surface area contributed by atoms with Gasteiger partial charge in [0.25, 0.3) is 0 Å². The smallest absolute Gasteiger partial charge is 0.101 e. The minimum absolute atomic E-state index is 0.492. The third-order valence-electron chi connectivity index (χ3n) is 11.3. The number of hydrogen-bond acceptors (Lipinski definition) is 3. The van der Waals surface area contributed by atoms with Gasteiger partial charge in [-0.1, -0.05) is 91.0 Å². The molecule has 0 unspecified atom stereocenters. The van der Waals surface area contributed by atoms with Crippen LogP contribution >= 0.6 is 0 Å². The van der Waals surface area contributed by atoms with E-state index in [1.165, 1.54) is 10.8 Å². The SMILES string of the molecule is N#Cc1cc(-c2cccc(C#N)c2-n2c3ccccc3c3c(-n4c5ccccc5c5ccccc54)cccc32)cc(-n2c3ccccc3c3cc(C#N)ccc32)c1. The van der Waals surface area contributed by atoms with Crippen LogP contribution in [0.2, 0.25) is 0 Å². The second-order valence-corrected chi connectivity index (χ2v) is 14.3. The van der Waals surface area contributed by atoms with Crippen LogP contribution in [0.15, 0.2) is 170 Å². The van der Waals surface area contributed by atoms with E-state index in [0.29, 0.717) is 16.7 Å². The topological polar surface area (TPSA) is 86.2 Å². The predicted molar refractivity (Wildman–Crippen MR) is 229 cm³/mol. The molecule has 8 aromatic carbocycles. The van der Waals surface area contributed by atoms with Gasteiger partial charge in [0.1, 0.15) is 6.07 Å². The van der Waals surface area contributed by atoms with E-state index in [1.54, 1.807) is 0 Å². The summed E-state index contributed by atoms with van der Waals surface area (Å²) in [5, 5.41) is 37.5. The van der Waals surface area contributed by atoms with Crippen LogP contribution in [0.5, 0.6) is 0 Å². The lowest BCUT2D eigenvalue weighted by atomic mass is 9.97. The van der Waals surface area contributed by atoms with E-state index in [1.807, 2.05) is 66.7 Å². The van der Waals surface area contributed by atoms with Crippen molar-refractivity contribution in [1.29, 1.82) is 15.8 Å². The highest BCUT2D eigenvalue weighted by Crippen LogP contribution is 2.43. The summed E-state index contributed by atoms with van der Waals surface area (Å²) in [5.41, 5.74) is 11.9. The summed E-state index contributed by atoms with van der Waals surface area (Å²) in [5.74, 6) is 0. The Morgan fingerprint density at radius 2 is 0.930 bits per heavy atom. The number of hydrogen-bond donors (Lipinski definition) is 0. The van der Waals surface area contributed by atoms with Crippen molar-refractivity contribution in [1.82, 2.24) is 13.7 Å². The largest absolute Gasteiger partial charge is 0.309 e. The van der Waals surface area contributed by atoms with Crippen LogP contribution in [-0.4, -0.2) is 13.7 Å². The number of aromatic nitrogens is 3. The number of nitriles is 3. The molecule has 6 heteroatoms. The third kappa shape index (κ3) is 4.61. The van der Waals surface area contributed by atoms with Gasteiger partial charge >= 0.3 is 0 Å². The Labute approximate surface area is 326 Å². The first kappa shape index (κ1) is 32.1. The maximum absolute atomic E-state index is 10.8. The molecule has 11 rings (SSSR count). The molecule has 3 aromatic heterocycles. The van der Waals surface area contributed by atoms with Gasteiger partial charge in [-0.2, -0.15) is 15.8 Å². The van der Waals surface area contributed by atoms with Gasteiger partial charge in [0.15, 0.2) is 0 Å². The first-order valence-electron chi connectivity index (χ1n) is 18.7. The van der Waals surface area contributed by atoms with E-state index < -0.39 is 0 Å². The van der Waals surface area contributed by atoms with Gasteiger partial charge in [-0.25, -0.2) is 0 Å². The monoisotopic (exact) mass is 724 g/mol. The van der Waals surface area contributed by atoms with Crippen molar-refractivity contribution in [3.05, 3.63) is 187 Å². The van der Waals surface area contributed by atoms with E-state index in [4.69, 9.17) is 0 Å². The molecule has 0 saturated carbocycles. The van der Waals surface area contributed by atoms with E-state index in [2.05, 4.69) is 135 Å². The molecule has 0 spiro atoms. The lowest BCUT2D eigenvalue weighted by Crippen LogP contribution is -2.02. The average molecular weight is 725 g/mol. The molecule has 3 heterocycles. The molecule has 11 aromatic rings. The van der Waals surface area contributed by atoms with Gasteiger partial charge in [0, 0.05) is 43.6 Å². The van der Waals surface area contributed by atoms with Crippen LogP contribution in [0.3, 0.4) is 0 Å². The fraction of sp³-hybridized carbons (Fsp3) is 0. The Bertz CT molecular complexity index is 3580. The van der Waals surface area contributed by atoms with Crippen molar-refractivity contribution in [3.63, 3.8) is 0 Å². The van der Waals surface area contributed by atoms with Crippen LogP contribution in [0.1, 0.15) is 16.7 Å². The van der Waals surface area contributed by atoms with Gasteiger partial charge in [0.2, 0.25) is 0 Å². The zero-order valence-corrected chi connectivity index (χ0v) is 30.3. The van der Waals surface area contributed by atoms with Crippen LogP contribution in [0.25, 0.3) is 93.6 Å². The summed E-state index contributed by atoms with van der Waals surface area (Å²) in [6, 6.07) is 64.7. The summed E-state index contributed by atoms with van der Waals surface area (Å²) in [6.45, 7) is 0. The second kappa shape index (κ2) is 12.3. The summed E-state index contributed by atoms with van der Waals surface area (Å²) in [4.78, 5) is 0. The summed E-state index contributed by atoms with van der Waals surface area (Å²) in [7, 11) is 0. The molecular weight excluding hydrogens is 697 g/mol. The van der Waals surface area contributed by atoms with Crippen LogP contribution in [0.4, 0.5) is 0 Å². The second-order valence-electron chi connectivity index (χ2n) is 14.3. The van der Waals surface area contributed by atoms with Crippen LogP contribution < -0.4 is 0 Å². The summed E-state index contributed by atoms with van der Waals surface area (Å²) in [6.07, 6.45) is 0. The van der Waals surface area contributed by atoms with Crippen molar-refractivity contribution >= 4 is 65.4 Å². The molecule has 0 atom stereocenters. The quantitative estimate of drug-likeness (QED) is 0.181. The molecule has 0 fully saturated rings. The van der Waals surface area contributed by atoms with E-state index in [9.17, 15) is 15.8 Å². The van der Waals surface area contributed by atoms with Crippen molar-refractivity contribution in [2.75, 3.05) is 0 Å². The van der Waals surface area contributed by atoms with E-state index in [0.717, 1.165) is 82.8 Å². The van der Waals surface area contributed by atoms with E-state index in [-0.39, 0.29) is 0 Å². The third-order valence-corrected chi connectivity index (χ3v) is 11.3. The van der Waals surface area contributed by atoms with Gasteiger partial charge in [-0.3, -0.25) is 0 Å². The number of nitrogens with zero attached hydrogens (tertiary/aromatic N) is 6.